The molecule has 0 N–H and O–H groups in total. The largest absolute Gasteiger partial charge is 0.302 e. The molecule has 0 radical (unpaired) electrons. The highest BCUT2D eigenvalue weighted by Crippen LogP contribution is 2.27. The molecule has 0 aliphatic carbocycles. The molecule has 0 saturated carbocycles. The van der Waals surface area contributed by atoms with Crippen LogP contribution in [0.5, 0.6) is 0 Å². The first-order chi connectivity index (χ1) is 6.14. The second-order valence-electron chi connectivity index (χ2n) is 5.82. The summed E-state index contributed by atoms with van der Waals surface area (Å²) in [4.78, 5) is 13.3. The first-order valence-corrected chi connectivity index (χ1v) is 5.39. The predicted octanol–water partition coefficient (Wildman–Crippen LogP) is 2.86. The first-order valence-electron chi connectivity index (χ1n) is 5.39. The zero-order chi connectivity index (χ0) is 11.6. The summed E-state index contributed by atoms with van der Waals surface area (Å²) in [6.45, 7) is 15.0. The Morgan fingerprint density at radius 1 is 1.07 bits per heavy atom. The van der Waals surface area contributed by atoms with E-state index in [9.17, 15) is 4.79 Å². The molecule has 0 amide bonds. The van der Waals surface area contributed by atoms with Gasteiger partial charge in [-0.05, 0) is 48.0 Å². The molecular weight excluding hydrogens is 174 g/mol. The van der Waals surface area contributed by atoms with Crippen LogP contribution in [0.3, 0.4) is 0 Å². The molecule has 0 fully saturated rings. The van der Waals surface area contributed by atoms with Gasteiger partial charge in [0.1, 0.15) is 6.29 Å². The van der Waals surface area contributed by atoms with Crippen molar-refractivity contribution in [2.45, 2.75) is 72.0 Å². The molecule has 0 heterocycles. The van der Waals surface area contributed by atoms with Gasteiger partial charge in [0.15, 0.2) is 0 Å². The minimum Gasteiger partial charge on any atom is -0.302 e. The van der Waals surface area contributed by atoms with Crippen molar-refractivity contribution in [3.63, 3.8) is 0 Å². The van der Waals surface area contributed by atoms with Crippen molar-refractivity contribution < 1.29 is 4.79 Å². The third-order valence-corrected chi connectivity index (χ3v) is 2.35. The summed E-state index contributed by atoms with van der Waals surface area (Å²) in [5, 5.41) is 0. The van der Waals surface area contributed by atoms with Gasteiger partial charge in [0.25, 0.3) is 0 Å². The highest BCUT2D eigenvalue weighted by atomic mass is 16.1. The molecule has 0 bridgehead atoms. The third kappa shape index (κ3) is 3.41. The third-order valence-electron chi connectivity index (χ3n) is 2.35. The fraction of sp³-hybridized carbons (Fsp3) is 0.917. The van der Waals surface area contributed by atoms with Crippen LogP contribution in [0.25, 0.3) is 0 Å². The van der Waals surface area contributed by atoms with Crippen LogP contribution in [0, 0.1) is 0 Å². The van der Waals surface area contributed by atoms with E-state index < -0.39 is 0 Å². The molecule has 84 valence electrons. The van der Waals surface area contributed by atoms with E-state index in [1.54, 1.807) is 0 Å². The number of hydrogen-bond donors (Lipinski definition) is 0. The van der Waals surface area contributed by atoms with Crippen LogP contribution >= 0.6 is 0 Å². The Bertz CT molecular complexity index is 171. The number of carbonyl (C=O) groups is 1. The van der Waals surface area contributed by atoms with E-state index in [0.29, 0.717) is 0 Å². The number of rotatable bonds is 3. The molecule has 0 aromatic rings. The average Bonchev–Trinajstić information content (AvgIpc) is 1.94. The molecule has 0 spiro atoms. The van der Waals surface area contributed by atoms with E-state index in [1.807, 2.05) is 0 Å². The van der Waals surface area contributed by atoms with Gasteiger partial charge < -0.3 is 4.79 Å². The van der Waals surface area contributed by atoms with Gasteiger partial charge >= 0.3 is 0 Å². The monoisotopic (exact) mass is 199 g/mol. The molecule has 14 heavy (non-hydrogen) atoms. The van der Waals surface area contributed by atoms with Crippen molar-refractivity contribution >= 4 is 6.29 Å². The van der Waals surface area contributed by atoms with Crippen LogP contribution in [0.2, 0.25) is 0 Å². The van der Waals surface area contributed by atoms with E-state index in [2.05, 4.69) is 53.4 Å². The molecule has 0 aromatic carbocycles. The summed E-state index contributed by atoms with van der Waals surface area (Å²) in [5.74, 6) is 0. The summed E-state index contributed by atoms with van der Waals surface area (Å²) < 4.78 is 0. The van der Waals surface area contributed by atoms with E-state index in [1.165, 1.54) is 0 Å². The van der Waals surface area contributed by atoms with Crippen molar-refractivity contribution in [2.24, 2.45) is 0 Å². The van der Waals surface area contributed by atoms with Crippen molar-refractivity contribution in [1.29, 1.82) is 0 Å². The highest BCUT2D eigenvalue weighted by Gasteiger charge is 2.36. The SMILES string of the molecule is CCC(C=O)N(C(C)(C)C)C(C)(C)C. The smallest absolute Gasteiger partial charge is 0.137 e. The quantitative estimate of drug-likeness (QED) is 0.651. The summed E-state index contributed by atoms with van der Waals surface area (Å²) >= 11 is 0. The number of aldehydes is 1. The standard InChI is InChI=1S/C12H25NO/c1-8-10(9-14)13(11(2,3)4)12(5,6)7/h9-10H,8H2,1-7H3. The van der Waals surface area contributed by atoms with Gasteiger partial charge in [-0.25, -0.2) is 0 Å². The Hall–Kier alpha value is -0.370. The molecule has 1 atom stereocenters. The van der Waals surface area contributed by atoms with E-state index in [0.717, 1.165) is 12.7 Å². The molecular formula is C12H25NO. The van der Waals surface area contributed by atoms with Crippen molar-refractivity contribution in [1.82, 2.24) is 4.90 Å². The first kappa shape index (κ1) is 13.6. The zero-order valence-electron chi connectivity index (χ0n) is 10.7. The minimum absolute atomic E-state index is 0.0231. The molecule has 2 nitrogen and oxygen atoms in total. The lowest BCUT2D eigenvalue weighted by Crippen LogP contribution is -2.57. The van der Waals surface area contributed by atoms with Gasteiger partial charge in [-0.3, -0.25) is 4.90 Å². The molecule has 2 heteroatoms. The fourth-order valence-corrected chi connectivity index (χ4v) is 2.34. The maximum Gasteiger partial charge on any atom is 0.137 e. The van der Waals surface area contributed by atoms with E-state index in [-0.39, 0.29) is 17.1 Å². The summed E-state index contributed by atoms with van der Waals surface area (Å²) in [6.07, 6.45) is 1.94. The molecule has 1 unspecified atom stereocenters. The minimum atomic E-state index is 0.0231. The fourth-order valence-electron chi connectivity index (χ4n) is 2.34. The Labute approximate surface area is 88.7 Å². The van der Waals surface area contributed by atoms with Gasteiger partial charge in [0.05, 0.1) is 6.04 Å². The topological polar surface area (TPSA) is 20.3 Å². The Morgan fingerprint density at radius 3 is 1.50 bits per heavy atom. The number of nitrogens with zero attached hydrogens (tertiary/aromatic N) is 1. The van der Waals surface area contributed by atoms with Crippen molar-refractivity contribution in [2.75, 3.05) is 0 Å². The van der Waals surface area contributed by atoms with E-state index in [4.69, 9.17) is 0 Å². The van der Waals surface area contributed by atoms with Crippen molar-refractivity contribution in [3.05, 3.63) is 0 Å². The van der Waals surface area contributed by atoms with Crippen molar-refractivity contribution in [3.8, 4) is 0 Å². The van der Waals surface area contributed by atoms with E-state index >= 15 is 0 Å². The summed E-state index contributed by atoms with van der Waals surface area (Å²) in [7, 11) is 0. The lowest BCUT2D eigenvalue weighted by molar-refractivity contribution is -0.118. The van der Waals surface area contributed by atoms with Crippen LogP contribution in [0.1, 0.15) is 54.9 Å². The van der Waals surface area contributed by atoms with Gasteiger partial charge in [-0.2, -0.15) is 0 Å². The highest BCUT2D eigenvalue weighted by molar-refractivity contribution is 5.57. The lowest BCUT2D eigenvalue weighted by atomic mass is 9.92. The van der Waals surface area contributed by atoms with Crippen LogP contribution < -0.4 is 0 Å². The lowest BCUT2D eigenvalue weighted by Gasteiger charge is -2.48. The normalized spacial score (nSPS) is 15.7. The number of hydrogen-bond acceptors (Lipinski definition) is 2. The van der Waals surface area contributed by atoms with Crippen LogP contribution in [0.4, 0.5) is 0 Å². The van der Waals surface area contributed by atoms with Gasteiger partial charge in [0.2, 0.25) is 0 Å². The molecule has 0 aromatic heterocycles. The Balaban J connectivity index is 5.00. The number of carbonyl (C=O) groups excluding carboxylic acids is 1. The molecule has 0 aliphatic heterocycles. The van der Waals surface area contributed by atoms with Crippen LogP contribution in [-0.2, 0) is 4.79 Å². The maximum absolute atomic E-state index is 11.0. The Kier molecular flexibility index (Phi) is 4.32. The second kappa shape index (κ2) is 4.43. The summed E-state index contributed by atoms with van der Waals surface area (Å²) in [6, 6.07) is 0.0231. The molecule has 0 rings (SSSR count). The molecule has 0 aliphatic rings. The second-order valence-corrected chi connectivity index (χ2v) is 5.82. The molecule has 0 saturated heterocycles. The summed E-state index contributed by atoms with van der Waals surface area (Å²) in [5.41, 5.74) is 0.0552. The zero-order valence-corrected chi connectivity index (χ0v) is 10.7. The Morgan fingerprint density at radius 2 is 1.43 bits per heavy atom. The van der Waals surface area contributed by atoms with Crippen LogP contribution in [0.15, 0.2) is 0 Å². The maximum atomic E-state index is 11.0. The van der Waals surface area contributed by atoms with Gasteiger partial charge in [0, 0.05) is 11.1 Å². The predicted molar refractivity (Wildman–Crippen MR) is 61.5 cm³/mol. The van der Waals surface area contributed by atoms with Gasteiger partial charge in [-0.15, -0.1) is 0 Å². The van der Waals surface area contributed by atoms with Gasteiger partial charge in [-0.1, -0.05) is 6.92 Å². The van der Waals surface area contributed by atoms with Crippen LogP contribution in [-0.4, -0.2) is 28.3 Å². The average molecular weight is 199 g/mol.